The van der Waals surface area contributed by atoms with Crippen molar-refractivity contribution in [1.82, 2.24) is 10.3 Å². The molecule has 1 rings (SSSR count). The highest BCUT2D eigenvalue weighted by Gasteiger charge is 2.07. The summed E-state index contributed by atoms with van der Waals surface area (Å²) in [4.78, 5) is 26.1. The highest BCUT2D eigenvalue weighted by Crippen LogP contribution is 2.09. The van der Waals surface area contributed by atoms with Crippen molar-refractivity contribution in [1.29, 1.82) is 0 Å². The van der Waals surface area contributed by atoms with Crippen LogP contribution in [-0.2, 0) is 9.53 Å². The van der Waals surface area contributed by atoms with E-state index in [9.17, 15) is 9.59 Å². The summed E-state index contributed by atoms with van der Waals surface area (Å²) in [5.41, 5.74) is 0.419. The Hall–Kier alpha value is -2.15. The molecular formula is C13H18N2O5. The molecule has 20 heavy (non-hydrogen) atoms. The number of carboxylic acid groups (broad SMARTS) is 1. The molecule has 1 aromatic heterocycles. The van der Waals surface area contributed by atoms with Crippen molar-refractivity contribution in [2.24, 2.45) is 0 Å². The lowest BCUT2D eigenvalue weighted by atomic mass is 10.2. The standard InChI is InChI=1S/C13H18N2O5/c1-19-7-8-20-11-9-10(4-6-14-11)13(18)15-5-2-3-12(16)17/h4,6,9H,2-3,5,7-8H2,1H3,(H,15,18)(H,16,17). The zero-order chi connectivity index (χ0) is 14.8. The van der Waals surface area contributed by atoms with E-state index in [1.807, 2.05) is 0 Å². The number of hydrogen-bond donors (Lipinski definition) is 2. The number of carbonyl (C=O) groups excluding carboxylic acids is 1. The molecule has 7 nitrogen and oxygen atoms in total. The van der Waals surface area contributed by atoms with Gasteiger partial charge in [-0.05, 0) is 12.5 Å². The molecule has 7 heteroatoms. The fraction of sp³-hybridized carbons (Fsp3) is 0.462. The number of aliphatic carboxylic acids is 1. The van der Waals surface area contributed by atoms with E-state index in [2.05, 4.69) is 10.3 Å². The molecule has 0 aliphatic heterocycles. The Bertz CT molecular complexity index is 450. The number of hydrogen-bond acceptors (Lipinski definition) is 5. The lowest BCUT2D eigenvalue weighted by Gasteiger charge is -2.07. The molecule has 0 unspecified atom stereocenters. The zero-order valence-corrected chi connectivity index (χ0v) is 11.3. The van der Waals surface area contributed by atoms with Crippen molar-refractivity contribution in [2.45, 2.75) is 12.8 Å². The lowest BCUT2D eigenvalue weighted by molar-refractivity contribution is -0.137. The maximum Gasteiger partial charge on any atom is 0.303 e. The molecule has 0 saturated carbocycles. The Kier molecular flexibility index (Phi) is 7.05. The number of pyridine rings is 1. The van der Waals surface area contributed by atoms with Gasteiger partial charge in [0.2, 0.25) is 5.88 Å². The maximum absolute atomic E-state index is 11.8. The van der Waals surface area contributed by atoms with Gasteiger partial charge >= 0.3 is 5.97 Å². The Morgan fingerprint density at radius 1 is 1.40 bits per heavy atom. The zero-order valence-electron chi connectivity index (χ0n) is 11.3. The fourth-order valence-electron chi connectivity index (χ4n) is 1.40. The van der Waals surface area contributed by atoms with Gasteiger partial charge < -0.3 is 19.9 Å². The van der Waals surface area contributed by atoms with Crippen LogP contribution in [0.1, 0.15) is 23.2 Å². The minimum Gasteiger partial charge on any atom is -0.481 e. The summed E-state index contributed by atoms with van der Waals surface area (Å²) in [7, 11) is 1.57. The summed E-state index contributed by atoms with van der Waals surface area (Å²) in [5.74, 6) is -0.813. The van der Waals surface area contributed by atoms with Gasteiger partial charge in [0.25, 0.3) is 5.91 Å². The minimum atomic E-state index is -0.878. The monoisotopic (exact) mass is 282 g/mol. The average molecular weight is 282 g/mol. The van der Waals surface area contributed by atoms with E-state index in [0.29, 0.717) is 37.6 Å². The van der Waals surface area contributed by atoms with Gasteiger partial charge in [-0.3, -0.25) is 9.59 Å². The molecule has 110 valence electrons. The summed E-state index contributed by atoms with van der Waals surface area (Å²) < 4.78 is 10.1. The van der Waals surface area contributed by atoms with Crippen molar-refractivity contribution >= 4 is 11.9 Å². The number of ether oxygens (including phenoxy) is 2. The number of rotatable bonds is 9. The molecule has 1 aromatic rings. The van der Waals surface area contributed by atoms with Crippen molar-refractivity contribution in [2.75, 3.05) is 26.9 Å². The van der Waals surface area contributed by atoms with Gasteiger partial charge in [0, 0.05) is 37.9 Å². The molecule has 0 fully saturated rings. The van der Waals surface area contributed by atoms with Crippen molar-refractivity contribution in [3.63, 3.8) is 0 Å². The molecule has 0 aliphatic carbocycles. The van der Waals surface area contributed by atoms with Crippen LogP contribution in [0.3, 0.4) is 0 Å². The number of carboxylic acids is 1. The first-order valence-corrected chi connectivity index (χ1v) is 6.21. The number of amides is 1. The van der Waals surface area contributed by atoms with E-state index in [-0.39, 0.29) is 12.3 Å². The van der Waals surface area contributed by atoms with Crippen LogP contribution in [0.2, 0.25) is 0 Å². The first-order valence-electron chi connectivity index (χ1n) is 6.21. The lowest BCUT2D eigenvalue weighted by Crippen LogP contribution is -2.25. The second-order valence-corrected chi connectivity index (χ2v) is 3.98. The smallest absolute Gasteiger partial charge is 0.303 e. The number of carbonyl (C=O) groups is 2. The number of nitrogens with one attached hydrogen (secondary N) is 1. The molecule has 0 atom stereocenters. The van der Waals surface area contributed by atoms with Crippen LogP contribution in [0.5, 0.6) is 5.88 Å². The predicted octanol–water partition coefficient (Wildman–Crippen LogP) is 0.701. The van der Waals surface area contributed by atoms with Crippen molar-refractivity contribution in [3.05, 3.63) is 23.9 Å². The summed E-state index contributed by atoms with van der Waals surface area (Å²) in [6, 6.07) is 3.10. The third-order valence-electron chi connectivity index (χ3n) is 2.39. The van der Waals surface area contributed by atoms with E-state index in [1.54, 1.807) is 13.2 Å². The molecule has 0 saturated heterocycles. The molecule has 0 radical (unpaired) electrons. The van der Waals surface area contributed by atoms with E-state index >= 15 is 0 Å². The Morgan fingerprint density at radius 2 is 2.20 bits per heavy atom. The van der Waals surface area contributed by atoms with Crippen LogP contribution in [-0.4, -0.2) is 48.8 Å². The highest BCUT2D eigenvalue weighted by molar-refractivity contribution is 5.94. The van der Waals surface area contributed by atoms with Gasteiger partial charge in [0.1, 0.15) is 6.61 Å². The molecule has 1 amide bonds. The van der Waals surface area contributed by atoms with E-state index in [4.69, 9.17) is 14.6 Å². The van der Waals surface area contributed by atoms with Gasteiger partial charge in [-0.2, -0.15) is 0 Å². The predicted molar refractivity (Wildman–Crippen MR) is 70.8 cm³/mol. The highest BCUT2D eigenvalue weighted by atomic mass is 16.5. The molecule has 1 heterocycles. The molecule has 0 aliphatic rings. The molecule has 0 aromatic carbocycles. The number of aromatic nitrogens is 1. The topological polar surface area (TPSA) is 97.8 Å². The Morgan fingerprint density at radius 3 is 2.90 bits per heavy atom. The average Bonchev–Trinajstić information content (AvgIpc) is 2.44. The van der Waals surface area contributed by atoms with Crippen molar-refractivity contribution < 1.29 is 24.2 Å². The third kappa shape index (κ3) is 6.14. The van der Waals surface area contributed by atoms with E-state index in [0.717, 1.165) is 0 Å². The molecular weight excluding hydrogens is 264 g/mol. The van der Waals surface area contributed by atoms with Crippen molar-refractivity contribution in [3.8, 4) is 5.88 Å². The number of methoxy groups -OCH3 is 1. The Balaban J connectivity index is 2.42. The second-order valence-electron chi connectivity index (χ2n) is 3.98. The van der Waals surface area contributed by atoms with E-state index in [1.165, 1.54) is 12.3 Å². The first kappa shape index (κ1) is 15.9. The van der Waals surface area contributed by atoms with Crippen LogP contribution in [0.4, 0.5) is 0 Å². The fourth-order valence-corrected chi connectivity index (χ4v) is 1.40. The van der Waals surface area contributed by atoms with Crippen LogP contribution < -0.4 is 10.1 Å². The van der Waals surface area contributed by atoms with E-state index < -0.39 is 5.97 Å². The molecule has 2 N–H and O–H groups in total. The third-order valence-corrected chi connectivity index (χ3v) is 2.39. The molecule has 0 bridgehead atoms. The van der Waals surface area contributed by atoms with Gasteiger partial charge in [-0.15, -0.1) is 0 Å². The first-order chi connectivity index (χ1) is 9.63. The van der Waals surface area contributed by atoms with Crippen LogP contribution in [0, 0.1) is 0 Å². The van der Waals surface area contributed by atoms with Gasteiger partial charge in [0.05, 0.1) is 6.61 Å². The summed E-state index contributed by atoms with van der Waals surface area (Å²) >= 11 is 0. The largest absolute Gasteiger partial charge is 0.481 e. The second kappa shape index (κ2) is 8.87. The summed E-state index contributed by atoms with van der Waals surface area (Å²) in [6.45, 7) is 1.10. The normalized spacial score (nSPS) is 10.1. The van der Waals surface area contributed by atoms with Gasteiger partial charge in [-0.1, -0.05) is 0 Å². The van der Waals surface area contributed by atoms with Gasteiger partial charge in [0.15, 0.2) is 0 Å². The quantitative estimate of drug-likeness (QED) is 0.647. The summed E-state index contributed by atoms with van der Waals surface area (Å²) in [6.07, 6.45) is 1.90. The van der Waals surface area contributed by atoms with Crippen LogP contribution in [0.15, 0.2) is 18.3 Å². The maximum atomic E-state index is 11.8. The van der Waals surface area contributed by atoms with Crippen LogP contribution >= 0.6 is 0 Å². The van der Waals surface area contributed by atoms with Crippen LogP contribution in [0.25, 0.3) is 0 Å². The Labute approximate surface area is 116 Å². The minimum absolute atomic E-state index is 0.0298. The number of nitrogens with zero attached hydrogens (tertiary/aromatic N) is 1. The van der Waals surface area contributed by atoms with Gasteiger partial charge in [-0.25, -0.2) is 4.98 Å². The SMILES string of the molecule is COCCOc1cc(C(=O)NCCCC(=O)O)ccn1. The summed E-state index contributed by atoms with van der Waals surface area (Å²) in [5, 5.41) is 11.1. The molecule has 0 spiro atoms.